The molecule has 0 saturated carbocycles. The van der Waals surface area contributed by atoms with Gasteiger partial charge in [0.15, 0.2) is 5.82 Å². The zero-order valence-corrected chi connectivity index (χ0v) is 11.8. The zero-order chi connectivity index (χ0) is 13.9. The molecular weight excluding hydrogens is 238 g/mol. The molecule has 3 N–H and O–H groups in total. The fourth-order valence-corrected chi connectivity index (χ4v) is 2.92. The predicted octanol–water partition coefficient (Wildman–Crippen LogP) is 2.17. The van der Waals surface area contributed by atoms with Crippen LogP contribution in [0.5, 0.6) is 0 Å². The van der Waals surface area contributed by atoms with Gasteiger partial charge in [-0.15, -0.1) is 5.10 Å². The Labute approximate surface area is 114 Å². The van der Waals surface area contributed by atoms with Crippen LogP contribution >= 0.6 is 0 Å². The van der Waals surface area contributed by atoms with Crippen LogP contribution in [0.1, 0.15) is 45.1 Å². The first-order valence-corrected chi connectivity index (χ1v) is 7.03. The molecule has 1 aliphatic rings. The summed E-state index contributed by atoms with van der Waals surface area (Å²) in [6.07, 6.45) is 6.41. The monoisotopic (exact) mass is 261 g/mol. The molecule has 5 nitrogen and oxygen atoms in total. The van der Waals surface area contributed by atoms with E-state index in [9.17, 15) is 0 Å². The van der Waals surface area contributed by atoms with Crippen molar-refractivity contribution in [1.29, 1.82) is 5.41 Å². The van der Waals surface area contributed by atoms with Crippen molar-refractivity contribution < 1.29 is 0 Å². The van der Waals surface area contributed by atoms with Crippen LogP contribution in [-0.4, -0.2) is 29.1 Å². The molecule has 1 fully saturated rings. The number of piperidine rings is 1. The fraction of sp³-hybridized carbons (Fsp3) is 0.643. The highest BCUT2D eigenvalue weighted by atomic mass is 15.3. The Hall–Kier alpha value is -1.65. The molecule has 0 aliphatic carbocycles. The maximum atomic E-state index is 7.63. The third kappa shape index (κ3) is 2.69. The summed E-state index contributed by atoms with van der Waals surface area (Å²) in [5.74, 6) is 0.823. The van der Waals surface area contributed by atoms with Crippen molar-refractivity contribution in [2.24, 2.45) is 11.1 Å². The number of nitrogens with two attached hydrogens (primary N) is 1. The van der Waals surface area contributed by atoms with Gasteiger partial charge in [0.05, 0.1) is 11.8 Å². The van der Waals surface area contributed by atoms with Gasteiger partial charge in [0.2, 0.25) is 0 Å². The van der Waals surface area contributed by atoms with Gasteiger partial charge < -0.3 is 10.6 Å². The average molecular weight is 261 g/mol. The SMILES string of the molecule is CCC1(CC)CCN(c2nnccc2C(=N)N)CC1. The number of nitrogens with one attached hydrogen (secondary N) is 1. The summed E-state index contributed by atoms with van der Waals surface area (Å²) in [5.41, 5.74) is 6.79. The Balaban J connectivity index is 2.16. The van der Waals surface area contributed by atoms with Gasteiger partial charge in [-0.25, -0.2) is 0 Å². The number of rotatable bonds is 4. The summed E-state index contributed by atoms with van der Waals surface area (Å²) in [6, 6.07) is 1.77. The molecule has 0 spiro atoms. The van der Waals surface area contributed by atoms with E-state index in [4.69, 9.17) is 11.1 Å². The van der Waals surface area contributed by atoms with Crippen molar-refractivity contribution in [3.63, 3.8) is 0 Å². The Bertz CT molecular complexity index is 443. The van der Waals surface area contributed by atoms with E-state index in [0.717, 1.165) is 18.9 Å². The summed E-state index contributed by atoms with van der Waals surface area (Å²) in [7, 11) is 0. The second kappa shape index (κ2) is 5.55. The zero-order valence-electron chi connectivity index (χ0n) is 11.8. The molecule has 0 bridgehead atoms. The molecule has 2 rings (SSSR count). The number of anilines is 1. The first kappa shape index (κ1) is 13.8. The number of amidine groups is 1. The normalized spacial score (nSPS) is 18.3. The van der Waals surface area contributed by atoms with E-state index in [2.05, 4.69) is 28.9 Å². The van der Waals surface area contributed by atoms with E-state index in [0.29, 0.717) is 11.0 Å². The number of hydrogen-bond acceptors (Lipinski definition) is 4. The van der Waals surface area contributed by atoms with Gasteiger partial charge in [0, 0.05) is 13.1 Å². The first-order chi connectivity index (χ1) is 9.12. The largest absolute Gasteiger partial charge is 0.384 e. The Kier molecular flexibility index (Phi) is 4.02. The second-order valence-electron chi connectivity index (χ2n) is 5.38. The third-order valence-electron chi connectivity index (χ3n) is 4.62. The van der Waals surface area contributed by atoms with Crippen LogP contribution in [0.4, 0.5) is 5.82 Å². The molecule has 1 saturated heterocycles. The van der Waals surface area contributed by atoms with Crippen LogP contribution in [0, 0.1) is 10.8 Å². The molecule has 1 aromatic rings. The summed E-state index contributed by atoms with van der Waals surface area (Å²) in [4.78, 5) is 2.22. The Morgan fingerprint density at radius 2 is 2.00 bits per heavy atom. The minimum Gasteiger partial charge on any atom is -0.384 e. The molecular formula is C14H23N5. The molecule has 0 unspecified atom stereocenters. The third-order valence-corrected chi connectivity index (χ3v) is 4.62. The molecule has 0 radical (unpaired) electrons. The number of nitrogens with zero attached hydrogens (tertiary/aromatic N) is 3. The molecule has 0 amide bonds. The van der Waals surface area contributed by atoms with Gasteiger partial charge in [-0.1, -0.05) is 26.7 Å². The summed E-state index contributed by atoms with van der Waals surface area (Å²) in [6.45, 7) is 6.51. The van der Waals surface area contributed by atoms with Crippen molar-refractivity contribution in [2.75, 3.05) is 18.0 Å². The smallest absolute Gasteiger partial charge is 0.162 e. The van der Waals surface area contributed by atoms with Crippen LogP contribution in [0.15, 0.2) is 12.3 Å². The highest BCUT2D eigenvalue weighted by molar-refractivity contribution is 5.99. The molecule has 0 atom stereocenters. The van der Waals surface area contributed by atoms with E-state index in [1.165, 1.54) is 25.7 Å². The topological polar surface area (TPSA) is 78.9 Å². The molecule has 2 heterocycles. The van der Waals surface area contributed by atoms with Crippen molar-refractivity contribution in [3.05, 3.63) is 17.8 Å². The van der Waals surface area contributed by atoms with Crippen molar-refractivity contribution in [1.82, 2.24) is 10.2 Å². The van der Waals surface area contributed by atoms with Crippen LogP contribution in [0.25, 0.3) is 0 Å². The van der Waals surface area contributed by atoms with Crippen LogP contribution < -0.4 is 10.6 Å². The standard InChI is InChI=1S/C14H23N5/c1-3-14(4-2)6-9-19(10-7-14)13-11(12(15)16)5-8-17-18-13/h5,8H,3-4,6-7,9-10H2,1-2H3,(H3,15,16). The van der Waals surface area contributed by atoms with Gasteiger partial charge >= 0.3 is 0 Å². The van der Waals surface area contributed by atoms with E-state index in [-0.39, 0.29) is 5.84 Å². The van der Waals surface area contributed by atoms with Gasteiger partial charge in [0.25, 0.3) is 0 Å². The number of hydrogen-bond donors (Lipinski definition) is 2. The minimum atomic E-state index is 0.0627. The van der Waals surface area contributed by atoms with E-state index in [1.54, 1.807) is 12.3 Å². The summed E-state index contributed by atoms with van der Waals surface area (Å²) < 4.78 is 0. The van der Waals surface area contributed by atoms with Gasteiger partial charge in [-0.05, 0) is 24.3 Å². The van der Waals surface area contributed by atoms with Gasteiger partial charge in [-0.2, -0.15) is 5.10 Å². The lowest BCUT2D eigenvalue weighted by Crippen LogP contribution is -2.41. The molecule has 19 heavy (non-hydrogen) atoms. The predicted molar refractivity (Wildman–Crippen MR) is 77.5 cm³/mol. The molecule has 1 aromatic heterocycles. The van der Waals surface area contributed by atoms with Gasteiger partial charge in [-0.3, -0.25) is 5.41 Å². The van der Waals surface area contributed by atoms with Crippen molar-refractivity contribution in [3.8, 4) is 0 Å². The number of nitrogen functional groups attached to an aromatic ring is 1. The highest BCUT2D eigenvalue weighted by Crippen LogP contribution is 2.39. The van der Waals surface area contributed by atoms with Crippen LogP contribution in [0.2, 0.25) is 0 Å². The van der Waals surface area contributed by atoms with Gasteiger partial charge in [0.1, 0.15) is 5.84 Å². The average Bonchev–Trinajstić information content (AvgIpc) is 2.47. The lowest BCUT2D eigenvalue weighted by Gasteiger charge is -2.41. The van der Waals surface area contributed by atoms with E-state index >= 15 is 0 Å². The fourth-order valence-electron chi connectivity index (χ4n) is 2.92. The quantitative estimate of drug-likeness (QED) is 0.643. The first-order valence-electron chi connectivity index (χ1n) is 7.03. The highest BCUT2D eigenvalue weighted by Gasteiger charge is 2.32. The van der Waals surface area contributed by atoms with Crippen molar-refractivity contribution in [2.45, 2.75) is 39.5 Å². The second-order valence-corrected chi connectivity index (χ2v) is 5.38. The van der Waals surface area contributed by atoms with E-state index in [1.807, 2.05) is 0 Å². The Morgan fingerprint density at radius 3 is 2.53 bits per heavy atom. The van der Waals surface area contributed by atoms with E-state index < -0.39 is 0 Å². The van der Waals surface area contributed by atoms with Crippen LogP contribution in [0.3, 0.4) is 0 Å². The molecule has 1 aliphatic heterocycles. The Morgan fingerprint density at radius 1 is 1.37 bits per heavy atom. The maximum Gasteiger partial charge on any atom is 0.162 e. The summed E-state index contributed by atoms with van der Waals surface area (Å²) >= 11 is 0. The molecule has 5 heteroatoms. The maximum absolute atomic E-state index is 7.63. The van der Waals surface area contributed by atoms with Crippen molar-refractivity contribution >= 4 is 11.7 Å². The lowest BCUT2D eigenvalue weighted by molar-refractivity contribution is 0.199. The molecule has 104 valence electrons. The number of aromatic nitrogens is 2. The minimum absolute atomic E-state index is 0.0627. The molecule has 0 aromatic carbocycles. The van der Waals surface area contributed by atoms with Crippen LogP contribution in [-0.2, 0) is 0 Å². The lowest BCUT2D eigenvalue weighted by atomic mass is 9.74. The summed E-state index contributed by atoms with van der Waals surface area (Å²) in [5, 5.41) is 15.7.